The number of rotatable bonds is 3. The SMILES string of the molecule is O=C(O)[C@H]1CC=CC[C@H]1c1nc(-c2cccs2)no1. The molecule has 1 aliphatic carbocycles. The van der Waals surface area contributed by atoms with Crippen LogP contribution in [0.5, 0.6) is 0 Å². The zero-order chi connectivity index (χ0) is 13.2. The van der Waals surface area contributed by atoms with E-state index in [1.807, 2.05) is 29.7 Å². The topological polar surface area (TPSA) is 76.2 Å². The first-order valence-electron chi connectivity index (χ1n) is 6.01. The summed E-state index contributed by atoms with van der Waals surface area (Å²) in [5, 5.41) is 15.1. The molecule has 2 atom stereocenters. The molecule has 3 rings (SSSR count). The van der Waals surface area contributed by atoms with Crippen molar-refractivity contribution in [2.75, 3.05) is 0 Å². The Labute approximate surface area is 113 Å². The van der Waals surface area contributed by atoms with E-state index in [2.05, 4.69) is 10.1 Å². The highest BCUT2D eigenvalue weighted by Gasteiger charge is 2.34. The van der Waals surface area contributed by atoms with E-state index in [1.165, 1.54) is 11.3 Å². The normalized spacial score (nSPS) is 22.5. The maximum atomic E-state index is 11.3. The molecule has 1 N–H and O–H groups in total. The highest BCUT2D eigenvalue weighted by Crippen LogP contribution is 2.35. The van der Waals surface area contributed by atoms with E-state index in [0.717, 1.165) is 4.88 Å². The lowest BCUT2D eigenvalue weighted by atomic mass is 9.83. The van der Waals surface area contributed by atoms with Crippen molar-refractivity contribution in [2.45, 2.75) is 18.8 Å². The van der Waals surface area contributed by atoms with Gasteiger partial charge in [-0.1, -0.05) is 23.4 Å². The largest absolute Gasteiger partial charge is 0.481 e. The number of carbonyl (C=O) groups is 1. The lowest BCUT2D eigenvalue weighted by Crippen LogP contribution is -2.23. The van der Waals surface area contributed by atoms with Gasteiger partial charge in [-0.15, -0.1) is 11.3 Å². The van der Waals surface area contributed by atoms with Gasteiger partial charge in [0.2, 0.25) is 11.7 Å². The van der Waals surface area contributed by atoms with Crippen LogP contribution in [0, 0.1) is 5.92 Å². The van der Waals surface area contributed by atoms with Crippen molar-refractivity contribution in [2.24, 2.45) is 5.92 Å². The predicted molar refractivity (Wildman–Crippen MR) is 69.9 cm³/mol. The summed E-state index contributed by atoms with van der Waals surface area (Å²) < 4.78 is 5.26. The molecule has 0 amide bonds. The van der Waals surface area contributed by atoms with Gasteiger partial charge in [0.15, 0.2) is 0 Å². The molecule has 19 heavy (non-hydrogen) atoms. The van der Waals surface area contributed by atoms with Crippen molar-refractivity contribution >= 4 is 17.3 Å². The lowest BCUT2D eigenvalue weighted by molar-refractivity contribution is -0.142. The molecule has 0 saturated carbocycles. The minimum absolute atomic E-state index is 0.233. The molecule has 1 aliphatic rings. The lowest BCUT2D eigenvalue weighted by Gasteiger charge is -2.21. The second-order valence-electron chi connectivity index (χ2n) is 4.43. The number of allylic oxidation sites excluding steroid dienone is 2. The molecule has 0 bridgehead atoms. The number of carboxylic acid groups (broad SMARTS) is 1. The summed E-state index contributed by atoms with van der Waals surface area (Å²) >= 11 is 1.53. The van der Waals surface area contributed by atoms with Crippen molar-refractivity contribution in [1.29, 1.82) is 0 Å². The van der Waals surface area contributed by atoms with Crippen molar-refractivity contribution in [3.05, 3.63) is 35.6 Å². The van der Waals surface area contributed by atoms with Crippen LogP contribution < -0.4 is 0 Å². The second-order valence-corrected chi connectivity index (χ2v) is 5.38. The van der Waals surface area contributed by atoms with Crippen LogP contribution in [0.3, 0.4) is 0 Å². The van der Waals surface area contributed by atoms with Gasteiger partial charge >= 0.3 is 5.97 Å². The average molecular weight is 276 g/mol. The smallest absolute Gasteiger partial charge is 0.307 e. The van der Waals surface area contributed by atoms with Gasteiger partial charge in [-0.25, -0.2) is 0 Å². The Kier molecular flexibility index (Phi) is 3.16. The number of aliphatic carboxylic acids is 1. The molecule has 98 valence electrons. The second kappa shape index (κ2) is 4.97. The van der Waals surface area contributed by atoms with Crippen LogP contribution in [-0.2, 0) is 4.79 Å². The standard InChI is InChI=1S/C13H12N2O3S/c16-13(17)9-5-2-1-4-8(9)12-14-11(15-18-12)10-6-3-7-19-10/h1-3,6-9H,4-5H2,(H,16,17)/t8-,9+/m1/s1. The zero-order valence-corrected chi connectivity index (χ0v) is 10.8. The Morgan fingerprint density at radius 2 is 2.26 bits per heavy atom. The van der Waals surface area contributed by atoms with Gasteiger partial charge in [0, 0.05) is 0 Å². The van der Waals surface area contributed by atoms with Gasteiger partial charge in [0.05, 0.1) is 16.7 Å². The molecule has 0 saturated heterocycles. The minimum Gasteiger partial charge on any atom is -0.481 e. The summed E-state index contributed by atoms with van der Waals surface area (Å²) in [6.45, 7) is 0. The van der Waals surface area contributed by atoms with Crippen LogP contribution in [0.1, 0.15) is 24.7 Å². The van der Waals surface area contributed by atoms with Crippen LogP contribution in [0.4, 0.5) is 0 Å². The maximum absolute atomic E-state index is 11.3. The molecule has 0 unspecified atom stereocenters. The van der Waals surface area contributed by atoms with Crippen molar-refractivity contribution in [3.63, 3.8) is 0 Å². The number of nitrogens with zero attached hydrogens (tertiary/aromatic N) is 2. The maximum Gasteiger partial charge on any atom is 0.307 e. The summed E-state index contributed by atoms with van der Waals surface area (Å²) in [5.41, 5.74) is 0. The molecule has 0 aliphatic heterocycles. The quantitative estimate of drug-likeness (QED) is 0.872. The molecule has 2 aromatic rings. The van der Waals surface area contributed by atoms with E-state index in [-0.39, 0.29) is 5.92 Å². The molecular weight excluding hydrogens is 264 g/mol. The Morgan fingerprint density at radius 1 is 1.42 bits per heavy atom. The summed E-state index contributed by atoms with van der Waals surface area (Å²) in [6.07, 6.45) is 5.00. The monoisotopic (exact) mass is 276 g/mol. The van der Waals surface area contributed by atoms with Crippen LogP contribution in [-0.4, -0.2) is 21.2 Å². The van der Waals surface area contributed by atoms with Gasteiger partial charge in [-0.05, 0) is 24.3 Å². The minimum atomic E-state index is -0.815. The van der Waals surface area contributed by atoms with E-state index in [0.29, 0.717) is 24.6 Å². The number of thiophene rings is 1. The predicted octanol–water partition coefficient (Wildman–Crippen LogP) is 2.93. The fraction of sp³-hybridized carbons (Fsp3) is 0.308. The number of hydrogen-bond donors (Lipinski definition) is 1. The Balaban J connectivity index is 1.89. The molecule has 0 fully saturated rings. The zero-order valence-electron chi connectivity index (χ0n) is 10.0. The third-order valence-electron chi connectivity index (χ3n) is 3.25. The third-order valence-corrected chi connectivity index (χ3v) is 4.12. The summed E-state index contributed by atoms with van der Waals surface area (Å²) in [7, 11) is 0. The molecule has 5 nitrogen and oxygen atoms in total. The van der Waals surface area contributed by atoms with Crippen molar-refractivity contribution < 1.29 is 14.4 Å². The summed E-state index contributed by atoms with van der Waals surface area (Å²) in [4.78, 5) is 16.5. The van der Waals surface area contributed by atoms with Crippen LogP contribution in [0.25, 0.3) is 10.7 Å². The first-order chi connectivity index (χ1) is 9.25. The fourth-order valence-electron chi connectivity index (χ4n) is 2.25. The summed E-state index contributed by atoms with van der Waals surface area (Å²) in [6, 6.07) is 3.83. The van der Waals surface area contributed by atoms with E-state index >= 15 is 0 Å². The number of hydrogen-bond acceptors (Lipinski definition) is 5. The molecular formula is C13H12N2O3S. The van der Waals surface area contributed by atoms with Crippen LogP contribution >= 0.6 is 11.3 Å². The van der Waals surface area contributed by atoms with E-state index in [1.54, 1.807) is 0 Å². The highest BCUT2D eigenvalue weighted by molar-refractivity contribution is 7.13. The first kappa shape index (κ1) is 12.1. The molecule has 2 aromatic heterocycles. The van der Waals surface area contributed by atoms with Crippen LogP contribution in [0.2, 0.25) is 0 Å². The van der Waals surface area contributed by atoms with Gasteiger partial charge in [0.25, 0.3) is 0 Å². The van der Waals surface area contributed by atoms with Gasteiger partial charge in [0.1, 0.15) is 0 Å². The summed E-state index contributed by atoms with van der Waals surface area (Å²) in [5.74, 6) is -0.584. The first-order valence-corrected chi connectivity index (χ1v) is 6.89. The van der Waals surface area contributed by atoms with Gasteiger partial charge < -0.3 is 9.63 Å². The molecule has 0 radical (unpaired) electrons. The highest BCUT2D eigenvalue weighted by atomic mass is 32.1. The van der Waals surface area contributed by atoms with E-state index < -0.39 is 11.9 Å². The fourth-order valence-corrected chi connectivity index (χ4v) is 2.90. The number of carboxylic acids is 1. The molecule has 2 heterocycles. The van der Waals surface area contributed by atoms with E-state index in [9.17, 15) is 9.90 Å². The molecule has 0 aromatic carbocycles. The van der Waals surface area contributed by atoms with Gasteiger partial charge in [-0.2, -0.15) is 4.98 Å². The van der Waals surface area contributed by atoms with Crippen LogP contribution in [0.15, 0.2) is 34.2 Å². The van der Waals surface area contributed by atoms with Crippen molar-refractivity contribution in [1.82, 2.24) is 10.1 Å². The average Bonchev–Trinajstić information content (AvgIpc) is 3.09. The Morgan fingerprint density at radius 3 is 3.00 bits per heavy atom. The third kappa shape index (κ3) is 2.31. The molecule has 6 heteroatoms. The van der Waals surface area contributed by atoms with Crippen molar-refractivity contribution in [3.8, 4) is 10.7 Å². The Hall–Kier alpha value is -1.95. The molecule has 0 spiro atoms. The number of aromatic nitrogens is 2. The Bertz CT molecular complexity index is 603. The van der Waals surface area contributed by atoms with Gasteiger partial charge in [-0.3, -0.25) is 4.79 Å². The van der Waals surface area contributed by atoms with E-state index in [4.69, 9.17) is 4.52 Å².